The van der Waals surface area contributed by atoms with Gasteiger partial charge in [-0.3, -0.25) is 9.88 Å². The molecule has 0 radical (unpaired) electrons. The Labute approximate surface area is 165 Å². The van der Waals surface area contributed by atoms with Gasteiger partial charge in [0.1, 0.15) is 0 Å². The third kappa shape index (κ3) is 3.89. The van der Waals surface area contributed by atoms with Crippen molar-refractivity contribution in [1.29, 1.82) is 0 Å². The minimum atomic E-state index is 0.00969. The van der Waals surface area contributed by atoms with E-state index < -0.39 is 0 Å². The average molecular weight is 381 g/mol. The Morgan fingerprint density at radius 1 is 1.14 bits per heavy atom. The molecule has 0 aliphatic carbocycles. The van der Waals surface area contributed by atoms with Gasteiger partial charge in [-0.25, -0.2) is 4.68 Å². The lowest BCUT2D eigenvalue weighted by Crippen LogP contribution is -2.48. The molecule has 4 rings (SSSR count). The van der Waals surface area contributed by atoms with Crippen LogP contribution < -0.4 is 0 Å². The van der Waals surface area contributed by atoms with E-state index in [4.69, 9.17) is 4.74 Å². The van der Waals surface area contributed by atoms with Gasteiger partial charge in [0.05, 0.1) is 24.7 Å². The highest BCUT2D eigenvalue weighted by Gasteiger charge is 2.30. The summed E-state index contributed by atoms with van der Waals surface area (Å²) in [4.78, 5) is 9.42. The summed E-state index contributed by atoms with van der Waals surface area (Å²) in [5.74, 6) is 0.866. The molecule has 2 aromatic heterocycles. The van der Waals surface area contributed by atoms with E-state index in [1.54, 1.807) is 7.11 Å². The first-order chi connectivity index (χ1) is 13.8. The summed E-state index contributed by atoms with van der Waals surface area (Å²) in [6, 6.07) is 10.5. The number of ether oxygens (including phenoxy) is 1. The van der Waals surface area contributed by atoms with Gasteiger partial charge in [0.15, 0.2) is 5.82 Å². The summed E-state index contributed by atoms with van der Waals surface area (Å²) in [5.41, 5.74) is 2.19. The molecule has 0 saturated carbocycles. The molecule has 0 amide bonds. The van der Waals surface area contributed by atoms with Crippen LogP contribution in [0, 0.1) is 0 Å². The molecule has 0 spiro atoms. The van der Waals surface area contributed by atoms with Crippen LogP contribution in [0.4, 0.5) is 0 Å². The molecule has 1 aliphatic heterocycles. The Morgan fingerprint density at radius 2 is 2.00 bits per heavy atom. The predicted molar refractivity (Wildman–Crippen MR) is 107 cm³/mol. The first-order valence-corrected chi connectivity index (χ1v) is 9.86. The van der Waals surface area contributed by atoms with Crippen LogP contribution in [0.3, 0.4) is 0 Å². The molecule has 8 nitrogen and oxygen atoms in total. The van der Waals surface area contributed by atoms with Crippen molar-refractivity contribution in [2.45, 2.75) is 19.5 Å². The van der Waals surface area contributed by atoms with Crippen LogP contribution in [0.1, 0.15) is 24.4 Å². The maximum atomic E-state index is 5.24. The van der Waals surface area contributed by atoms with E-state index in [-0.39, 0.29) is 6.04 Å². The van der Waals surface area contributed by atoms with Crippen molar-refractivity contribution in [1.82, 2.24) is 35.0 Å². The zero-order valence-corrected chi connectivity index (χ0v) is 16.5. The van der Waals surface area contributed by atoms with Crippen molar-refractivity contribution in [2.75, 3.05) is 46.4 Å². The number of benzene rings is 1. The first kappa shape index (κ1) is 18.9. The molecule has 8 heteroatoms. The fourth-order valence-corrected chi connectivity index (χ4v) is 3.87. The molecule has 0 N–H and O–H groups in total. The SMILES string of the molecule is CCN1CCN(C(c2ccc3ncccc3c2)c2nnnn2CCOC)CC1. The van der Waals surface area contributed by atoms with Crippen LogP contribution in [0.25, 0.3) is 10.9 Å². The van der Waals surface area contributed by atoms with Crippen molar-refractivity contribution >= 4 is 10.9 Å². The Bertz CT molecular complexity index is 904. The Balaban J connectivity index is 1.71. The van der Waals surface area contributed by atoms with Crippen LogP contribution in [0.15, 0.2) is 36.5 Å². The molecule has 3 heterocycles. The van der Waals surface area contributed by atoms with Crippen LogP contribution in [-0.4, -0.2) is 81.4 Å². The predicted octanol–water partition coefficient (Wildman–Crippen LogP) is 1.59. The highest BCUT2D eigenvalue weighted by atomic mass is 16.5. The van der Waals surface area contributed by atoms with E-state index in [0.29, 0.717) is 13.2 Å². The number of tetrazole rings is 1. The number of nitrogens with zero attached hydrogens (tertiary/aromatic N) is 7. The highest BCUT2D eigenvalue weighted by Crippen LogP contribution is 2.30. The lowest BCUT2D eigenvalue weighted by Gasteiger charge is -2.38. The smallest absolute Gasteiger partial charge is 0.173 e. The topological polar surface area (TPSA) is 72.2 Å². The quantitative estimate of drug-likeness (QED) is 0.615. The molecule has 1 aliphatic rings. The molecular formula is C20H27N7O. The Hall–Kier alpha value is -2.42. The zero-order chi connectivity index (χ0) is 19.3. The maximum Gasteiger partial charge on any atom is 0.173 e. The summed E-state index contributed by atoms with van der Waals surface area (Å²) < 4.78 is 7.11. The van der Waals surface area contributed by atoms with Gasteiger partial charge in [0.2, 0.25) is 0 Å². The lowest BCUT2D eigenvalue weighted by atomic mass is 10.0. The molecule has 148 valence electrons. The van der Waals surface area contributed by atoms with Crippen molar-refractivity contribution < 1.29 is 4.74 Å². The number of rotatable bonds is 7. The number of hydrogen-bond donors (Lipinski definition) is 0. The number of methoxy groups -OCH3 is 1. The fraction of sp³-hybridized carbons (Fsp3) is 0.500. The number of aromatic nitrogens is 5. The minimum absolute atomic E-state index is 0.00969. The molecule has 0 bridgehead atoms. The van der Waals surface area contributed by atoms with E-state index in [1.807, 2.05) is 16.9 Å². The van der Waals surface area contributed by atoms with Crippen LogP contribution in [0.5, 0.6) is 0 Å². The van der Waals surface area contributed by atoms with Gasteiger partial charge < -0.3 is 9.64 Å². The number of fused-ring (bicyclic) bond motifs is 1. The van der Waals surface area contributed by atoms with E-state index in [2.05, 4.69) is 61.5 Å². The first-order valence-electron chi connectivity index (χ1n) is 9.86. The standard InChI is InChI=1S/C20H27N7O/c1-3-25-9-11-26(12-10-25)19(20-22-23-24-27(20)13-14-28-2)17-6-7-18-16(15-17)5-4-8-21-18/h4-8,15,19H,3,9-14H2,1-2H3. The molecule has 1 atom stereocenters. The van der Waals surface area contributed by atoms with Gasteiger partial charge in [-0.1, -0.05) is 19.1 Å². The van der Waals surface area contributed by atoms with Crippen molar-refractivity contribution in [3.05, 3.63) is 47.9 Å². The summed E-state index contributed by atoms with van der Waals surface area (Å²) in [5, 5.41) is 13.7. The maximum absolute atomic E-state index is 5.24. The Morgan fingerprint density at radius 3 is 2.79 bits per heavy atom. The van der Waals surface area contributed by atoms with Crippen LogP contribution >= 0.6 is 0 Å². The van der Waals surface area contributed by atoms with Gasteiger partial charge in [0.25, 0.3) is 0 Å². The lowest BCUT2D eigenvalue weighted by molar-refractivity contribution is 0.107. The van der Waals surface area contributed by atoms with Gasteiger partial charge in [-0.15, -0.1) is 5.10 Å². The van der Waals surface area contributed by atoms with Gasteiger partial charge in [-0.2, -0.15) is 0 Å². The molecule has 1 saturated heterocycles. The van der Waals surface area contributed by atoms with E-state index in [0.717, 1.165) is 49.5 Å². The average Bonchev–Trinajstić information content (AvgIpc) is 3.21. The molecule has 1 aromatic carbocycles. The second-order valence-corrected chi connectivity index (χ2v) is 7.08. The van der Waals surface area contributed by atoms with Crippen LogP contribution in [0.2, 0.25) is 0 Å². The molecule has 1 unspecified atom stereocenters. The summed E-state index contributed by atoms with van der Waals surface area (Å²) in [7, 11) is 1.70. The number of hydrogen-bond acceptors (Lipinski definition) is 7. The molecule has 1 fully saturated rings. The Kier molecular flexibility index (Phi) is 5.90. The minimum Gasteiger partial charge on any atom is -0.383 e. The van der Waals surface area contributed by atoms with E-state index in [9.17, 15) is 0 Å². The third-order valence-electron chi connectivity index (χ3n) is 5.47. The highest BCUT2D eigenvalue weighted by molar-refractivity contribution is 5.79. The summed E-state index contributed by atoms with van der Waals surface area (Å²) >= 11 is 0. The van der Waals surface area contributed by atoms with Crippen molar-refractivity contribution in [2.24, 2.45) is 0 Å². The zero-order valence-electron chi connectivity index (χ0n) is 16.5. The van der Waals surface area contributed by atoms with E-state index >= 15 is 0 Å². The summed E-state index contributed by atoms with van der Waals surface area (Å²) in [6.45, 7) is 8.61. The normalized spacial score (nSPS) is 17.2. The number of pyridine rings is 1. The van der Waals surface area contributed by atoms with Gasteiger partial charge >= 0.3 is 0 Å². The second kappa shape index (κ2) is 8.72. The fourth-order valence-electron chi connectivity index (χ4n) is 3.87. The van der Waals surface area contributed by atoms with Gasteiger partial charge in [0, 0.05) is 44.9 Å². The van der Waals surface area contributed by atoms with E-state index in [1.165, 1.54) is 5.56 Å². The second-order valence-electron chi connectivity index (χ2n) is 7.08. The number of likely N-dealkylation sites (N-methyl/N-ethyl adjacent to an activating group) is 1. The largest absolute Gasteiger partial charge is 0.383 e. The van der Waals surface area contributed by atoms with Crippen LogP contribution in [-0.2, 0) is 11.3 Å². The molecule has 28 heavy (non-hydrogen) atoms. The molecular weight excluding hydrogens is 354 g/mol. The van der Waals surface area contributed by atoms with Crippen molar-refractivity contribution in [3.8, 4) is 0 Å². The number of piperazine rings is 1. The van der Waals surface area contributed by atoms with Crippen molar-refractivity contribution in [3.63, 3.8) is 0 Å². The van der Waals surface area contributed by atoms with Gasteiger partial charge in [-0.05, 0) is 40.7 Å². The molecule has 3 aromatic rings. The monoisotopic (exact) mass is 381 g/mol. The summed E-state index contributed by atoms with van der Waals surface area (Å²) in [6.07, 6.45) is 1.83. The third-order valence-corrected chi connectivity index (χ3v) is 5.47.